The fourth-order valence-corrected chi connectivity index (χ4v) is 2.53. The lowest BCUT2D eigenvalue weighted by molar-refractivity contribution is 0.0951. The summed E-state index contributed by atoms with van der Waals surface area (Å²) < 4.78 is 48.5. The van der Waals surface area contributed by atoms with E-state index in [1.807, 2.05) is 0 Å². The molecule has 3 N–H and O–H groups in total. The van der Waals surface area contributed by atoms with E-state index in [4.69, 9.17) is 16.7 Å². The zero-order valence-corrected chi connectivity index (χ0v) is 13.1. The summed E-state index contributed by atoms with van der Waals surface area (Å²) in [6.45, 7) is -0.0913. The lowest BCUT2D eigenvalue weighted by Crippen LogP contribution is -2.24. The topological polar surface area (TPSA) is 89.3 Å². The van der Waals surface area contributed by atoms with E-state index < -0.39 is 27.6 Å². The Hall–Kier alpha value is -2.03. The maximum Gasteiger partial charge on any atom is 0.253 e. The van der Waals surface area contributed by atoms with Crippen molar-refractivity contribution in [3.05, 3.63) is 64.2 Å². The molecule has 2 rings (SSSR count). The Labute approximate surface area is 136 Å². The minimum Gasteiger partial charge on any atom is -0.348 e. The fraction of sp³-hybridized carbons (Fsp3) is 0.0714. The lowest BCUT2D eigenvalue weighted by Gasteiger charge is -2.08. The van der Waals surface area contributed by atoms with Gasteiger partial charge in [0.15, 0.2) is 11.6 Å². The Kier molecular flexibility index (Phi) is 4.98. The van der Waals surface area contributed by atoms with Crippen LogP contribution in [-0.4, -0.2) is 14.3 Å². The van der Waals surface area contributed by atoms with Gasteiger partial charge >= 0.3 is 0 Å². The van der Waals surface area contributed by atoms with Crippen LogP contribution in [0.25, 0.3) is 0 Å². The van der Waals surface area contributed by atoms with Crippen LogP contribution in [-0.2, 0) is 16.6 Å². The molecule has 122 valence electrons. The van der Waals surface area contributed by atoms with Gasteiger partial charge in [-0.15, -0.1) is 0 Å². The van der Waals surface area contributed by atoms with Gasteiger partial charge in [0.1, 0.15) is 0 Å². The van der Waals surface area contributed by atoms with Gasteiger partial charge in [-0.3, -0.25) is 4.79 Å². The van der Waals surface area contributed by atoms with E-state index in [0.717, 1.165) is 18.2 Å². The molecule has 0 saturated heterocycles. The number of amides is 1. The molecule has 2 aromatic rings. The van der Waals surface area contributed by atoms with Crippen molar-refractivity contribution in [3.8, 4) is 0 Å². The molecule has 0 radical (unpaired) electrons. The number of benzene rings is 2. The third kappa shape index (κ3) is 4.25. The molecule has 0 aromatic heterocycles. The van der Waals surface area contributed by atoms with Crippen LogP contribution in [0.15, 0.2) is 41.3 Å². The molecule has 0 spiro atoms. The minimum atomic E-state index is -3.98. The third-order valence-corrected chi connectivity index (χ3v) is 4.19. The highest BCUT2D eigenvalue weighted by Crippen LogP contribution is 2.20. The molecule has 0 aliphatic carbocycles. The van der Waals surface area contributed by atoms with Crippen molar-refractivity contribution < 1.29 is 22.0 Å². The quantitative estimate of drug-likeness (QED) is 0.875. The Bertz CT molecular complexity index is 872. The zero-order chi connectivity index (χ0) is 17.2. The van der Waals surface area contributed by atoms with Crippen molar-refractivity contribution >= 4 is 27.5 Å². The number of halogens is 3. The van der Waals surface area contributed by atoms with Crippen LogP contribution in [0, 0.1) is 11.6 Å². The molecule has 0 saturated carbocycles. The summed E-state index contributed by atoms with van der Waals surface area (Å²) in [5, 5.41) is 7.45. The number of rotatable bonds is 4. The van der Waals surface area contributed by atoms with Crippen LogP contribution in [0.1, 0.15) is 15.9 Å². The molecule has 5 nitrogen and oxygen atoms in total. The van der Waals surface area contributed by atoms with E-state index in [1.165, 1.54) is 18.2 Å². The number of carbonyl (C=O) groups excluding carboxylic acids is 1. The second kappa shape index (κ2) is 6.61. The first kappa shape index (κ1) is 17.3. The Morgan fingerprint density at radius 3 is 2.43 bits per heavy atom. The molecule has 0 atom stereocenters. The molecule has 0 aliphatic heterocycles. The average molecular weight is 361 g/mol. The van der Waals surface area contributed by atoms with Crippen molar-refractivity contribution in [2.75, 3.05) is 0 Å². The number of nitrogens with two attached hydrogens (primary N) is 1. The van der Waals surface area contributed by atoms with E-state index >= 15 is 0 Å². The van der Waals surface area contributed by atoms with Crippen molar-refractivity contribution in [2.45, 2.75) is 11.4 Å². The minimum absolute atomic E-state index is 0.0280. The van der Waals surface area contributed by atoms with Gasteiger partial charge in [0.05, 0.1) is 15.5 Å². The van der Waals surface area contributed by atoms with Crippen LogP contribution < -0.4 is 10.5 Å². The number of hydrogen-bond acceptors (Lipinski definition) is 3. The Balaban J connectivity index is 2.19. The molecule has 0 heterocycles. The zero-order valence-electron chi connectivity index (χ0n) is 11.5. The van der Waals surface area contributed by atoms with Gasteiger partial charge in [0, 0.05) is 6.54 Å². The first-order chi connectivity index (χ1) is 10.7. The molecule has 0 unspecified atom stereocenters. The van der Waals surface area contributed by atoms with Gasteiger partial charge in [0.25, 0.3) is 5.91 Å². The van der Waals surface area contributed by atoms with Gasteiger partial charge in [-0.1, -0.05) is 17.7 Å². The number of carbonyl (C=O) groups is 1. The predicted molar refractivity (Wildman–Crippen MR) is 80.4 cm³/mol. The summed E-state index contributed by atoms with van der Waals surface area (Å²) in [6.07, 6.45) is 0. The predicted octanol–water partition coefficient (Wildman–Crippen LogP) is 2.20. The molecule has 1 amide bonds. The van der Waals surface area contributed by atoms with Crippen molar-refractivity contribution in [1.82, 2.24) is 5.32 Å². The highest BCUT2D eigenvalue weighted by atomic mass is 35.5. The SMILES string of the molecule is NS(=O)(=O)c1ccc(Cl)c(C(=O)NCc2ccc(F)c(F)c2)c1. The summed E-state index contributed by atoms with van der Waals surface area (Å²) in [5.41, 5.74) is 0.233. The Morgan fingerprint density at radius 2 is 1.83 bits per heavy atom. The van der Waals surface area contributed by atoms with Crippen LogP contribution in [0.4, 0.5) is 8.78 Å². The molecule has 2 aromatic carbocycles. The molecule has 0 aliphatic rings. The van der Waals surface area contributed by atoms with Crippen LogP contribution >= 0.6 is 11.6 Å². The van der Waals surface area contributed by atoms with Crippen LogP contribution in [0.2, 0.25) is 5.02 Å². The van der Waals surface area contributed by atoms with Gasteiger partial charge in [-0.25, -0.2) is 22.3 Å². The van der Waals surface area contributed by atoms with Crippen LogP contribution in [0.3, 0.4) is 0 Å². The standard InChI is InChI=1S/C14H11ClF2N2O3S/c15-11-3-2-9(23(18,21)22)6-10(11)14(20)19-7-8-1-4-12(16)13(17)5-8/h1-6H,7H2,(H,19,20)(H2,18,21,22). The maximum absolute atomic E-state index is 13.1. The van der Waals surface area contributed by atoms with E-state index in [-0.39, 0.29) is 22.0 Å². The summed E-state index contributed by atoms with van der Waals surface area (Å²) in [6, 6.07) is 6.63. The number of primary sulfonamides is 1. The van der Waals surface area contributed by atoms with E-state index in [0.29, 0.717) is 5.56 Å². The smallest absolute Gasteiger partial charge is 0.253 e. The van der Waals surface area contributed by atoms with E-state index in [2.05, 4.69) is 5.32 Å². The maximum atomic E-state index is 13.1. The molecule has 9 heteroatoms. The first-order valence-electron chi connectivity index (χ1n) is 6.23. The molecular weight excluding hydrogens is 350 g/mol. The molecular formula is C14H11ClF2N2O3S. The number of hydrogen-bond donors (Lipinski definition) is 2. The second-order valence-corrected chi connectivity index (χ2v) is 6.59. The van der Waals surface area contributed by atoms with Gasteiger partial charge in [-0.05, 0) is 35.9 Å². The number of nitrogens with one attached hydrogen (secondary N) is 1. The monoisotopic (exact) mass is 360 g/mol. The van der Waals surface area contributed by atoms with Gasteiger partial charge in [-0.2, -0.15) is 0 Å². The molecule has 0 bridgehead atoms. The first-order valence-corrected chi connectivity index (χ1v) is 8.15. The third-order valence-electron chi connectivity index (χ3n) is 2.95. The highest BCUT2D eigenvalue weighted by Gasteiger charge is 2.16. The lowest BCUT2D eigenvalue weighted by atomic mass is 10.2. The normalized spacial score (nSPS) is 11.3. The van der Waals surface area contributed by atoms with Gasteiger partial charge < -0.3 is 5.32 Å². The van der Waals surface area contributed by atoms with E-state index in [1.54, 1.807) is 0 Å². The van der Waals surface area contributed by atoms with Crippen molar-refractivity contribution in [3.63, 3.8) is 0 Å². The average Bonchev–Trinajstić information content (AvgIpc) is 2.47. The van der Waals surface area contributed by atoms with Crippen molar-refractivity contribution in [1.29, 1.82) is 0 Å². The molecule has 23 heavy (non-hydrogen) atoms. The number of sulfonamides is 1. The summed E-state index contributed by atoms with van der Waals surface area (Å²) in [7, 11) is -3.98. The highest BCUT2D eigenvalue weighted by molar-refractivity contribution is 7.89. The summed E-state index contributed by atoms with van der Waals surface area (Å²) in [5.74, 6) is -2.71. The van der Waals surface area contributed by atoms with Crippen molar-refractivity contribution in [2.24, 2.45) is 5.14 Å². The molecule has 0 fully saturated rings. The van der Waals surface area contributed by atoms with Crippen LogP contribution in [0.5, 0.6) is 0 Å². The summed E-state index contributed by atoms with van der Waals surface area (Å²) in [4.78, 5) is 11.8. The van der Waals surface area contributed by atoms with Gasteiger partial charge in [0.2, 0.25) is 10.0 Å². The fourth-order valence-electron chi connectivity index (χ4n) is 1.78. The largest absolute Gasteiger partial charge is 0.348 e. The second-order valence-electron chi connectivity index (χ2n) is 4.62. The Morgan fingerprint density at radius 1 is 1.13 bits per heavy atom. The summed E-state index contributed by atoms with van der Waals surface area (Å²) >= 11 is 5.86. The van der Waals surface area contributed by atoms with E-state index in [9.17, 15) is 22.0 Å².